The van der Waals surface area contributed by atoms with Crippen LogP contribution in [0.1, 0.15) is 12.2 Å². The van der Waals surface area contributed by atoms with E-state index in [4.69, 9.17) is 11.6 Å². The first-order chi connectivity index (χ1) is 9.29. The molecule has 0 saturated heterocycles. The number of nitrogens with one attached hydrogen (secondary N) is 1. The summed E-state index contributed by atoms with van der Waals surface area (Å²) in [5.41, 5.74) is 0.923. The average molecular weight is 311 g/mol. The molecule has 0 fully saturated rings. The van der Waals surface area contributed by atoms with Gasteiger partial charge in [0, 0.05) is 28.1 Å². The standard InChI is InChI=1S/C13H11ClN2OS2/c14-5-1-4-10-15-12(17)11-8(7-19-13(11)16-10)9-3-2-6-18-9/h2-3,6-7H,1,4-5H2,(H,15,16,17). The Balaban J connectivity index is 2.12. The molecular weight excluding hydrogens is 300 g/mol. The smallest absolute Gasteiger partial charge is 0.260 e. The molecule has 0 aliphatic heterocycles. The van der Waals surface area contributed by atoms with Gasteiger partial charge in [-0.25, -0.2) is 4.98 Å². The molecule has 0 atom stereocenters. The average Bonchev–Trinajstić information content (AvgIpc) is 3.04. The summed E-state index contributed by atoms with van der Waals surface area (Å²) < 4.78 is 0. The van der Waals surface area contributed by atoms with Gasteiger partial charge in [0.2, 0.25) is 0 Å². The van der Waals surface area contributed by atoms with E-state index in [1.165, 1.54) is 11.3 Å². The van der Waals surface area contributed by atoms with Crippen LogP contribution >= 0.6 is 34.3 Å². The second-order valence-corrected chi connectivity index (χ2v) is 6.30. The lowest BCUT2D eigenvalue weighted by molar-refractivity contribution is 0.843. The maximum atomic E-state index is 12.2. The van der Waals surface area contributed by atoms with Gasteiger partial charge in [0.15, 0.2) is 0 Å². The van der Waals surface area contributed by atoms with E-state index in [0.717, 1.165) is 27.5 Å². The number of aryl methyl sites for hydroxylation is 1. The van der Waals surface area contributed by atoms with Crippen LogP contribution in [0.5, 0.6) is 0 Å². The summed E-state index contributed by atoms with van der Waals surface area (Å²) in [7, 11) is 0. The molecule has 0 aliphatic carbocycles. The first-order valence-corrected chi connectivity index (χ1v) is 8.19. The molecule has 0 amide bonds. The van der Waals surface area contributed by atoms with Gasteiger partial charge in [0.05, 0.1) is 5.39 Å². The maximum Gasteiger partial charge on any atom is 0.260 e. The molecule has 3 aromatic heterocycles. The van der Waals surface area contributed by atoms with E-state index in [-0.39, 0.29) is 5.56 Å². The highest BCUT2D eigenvalue weighted by molar-refractivity contribution is 7.18. The van der Waals surface area contributed by atoms with Crippen LogP contribution in [0.4, 0.5) is 0 Å². The van der Waals surface area contributed by atoms with Gasteiger partial charge in [-0.2, -0.15) is 0 Å². The Kier molecular flexibility index (Phi) is 3.68. The fourth-order valence-electron chi connectivity index (χ4n) is 1.96. The molecule has 98 valence electrons. The Bertz CT molecular complexity index is 746. The highest BCUT2D eigenvalue weighted by Crippen LogP contribution is 2.33. The van der Waals surface area contributed by atoms with E-state index in [1.54, 1.807) is 11.3 Å². The quantitative estimate of drug-likeness (QED) is 0.743. The Morgan fingerprint density at radius 2 is 2.26 bits per heavy atom. The van der Waals surface area contributed by atoms with Crippen molar-refractivity contribution >= 4 is 44.5 Å². The number of rotatable bonds is 4. The number of nitrogens with zero attached hydrogens (tertiary/aromatic N) is 1. The van der Waals surface area contributed by atoms with E-state index in [0.29, 0.717) is 17.7 Å². The molecular formula is C13H11ClN2OS2. The van der Waals surface area contributed by atoms with Gasteiger partial charge in [-0.3, -0.25) is 4.79 Å². The second-order valence-electron chi connectivity index (χ2n) is 4.11. The van der Waals surface area contributed by atoms with Gasteiger partial charge >= 0.3 is 0 Å². The third-order valence-electron chi connectivity index (χ3n) is 2.83. The van der Waals surface area contributed by atoms with Crippen LogP contribution < -0.4 is 5.56 Å². The van der Waals surface area contributed by atoms with Crippen LogP contribution in [0.2, 0.25) is 0 Å². The number of alkyl halides is 1. The van der Waals surface area contributed by atoms with Crippen LogP contribution in [0, 0.1) is 0 Å². The van der Waals surface area contributed by atoms with Crippen molar-refractivity contribution in [3.8, 4) is 10.4 Å². The fourth-order valence-corrected chi connectivity index (χ4v) is 3.87. The maximum absolute atomic E-state index is 12.2. The van der Waals surface area contributed by atoms with Crippen LogP contribution in [-0.4, -0.2) is 15.8 Å². The third kappa shape index (κ3) is 2.45. The van der Waals surface area contributed by atoms with Gasteiger partial charge in [-0.1, -0.05) is 6.07 Å². The van der Waals surface area contributed by atoms with E-state index in [1.807, 2.05) is 22.9 Å². The molecule has 0 spiro atoms. The van der Waals surface area contributed by atoms with Gasteiger partial charge in [-0.15, -0.1) is 34.3 Å². The van der Waals surface area contributed by atoms with Crippen LogP contribution in [-0.2, 0) is 6.42 Å². The number of fused-ring (bicyclic) bond motifs is 1. The van der Waals surface area contributed by atoms with E-state index in [2.05, 4.69) is 9.97 Å². The van der Waals surface area contributed by atoms with Crippen molar-refractivity contribution in [1.82, 2.24) is 9.97 Å². The SMILES string of the molecule is O=c1[nH]c(CCCCl)nc2scc(-c3cccs3)c12. The van der Waals surface area contributed by atoms with E-state index < -0.39 is 0 Å². The minimum absolute atomic E-state index is 0.0563. The lowest BCUT2D eigenvalue weighted by atomic mass is 10.2. The van der Waals surface area contributed by atoms with Crippen molar-refractivity contribution in [1.29, 1.82) is 0 Å². The third-order valence-corrected chi connectivity index (χ3v) is 4.87. The molecule has 19 heavy (non-hydrogen) atoms. The number of hydrogen-bond donors (Lipinski definition) is 1. The monoisotopic (exact) mass is 310 g/mol. The Morgan fingerprint density at radius 1 is 1.37 bits per heavy atom. The van der Waals surface area contributed by atoms with Crippen molar-refractivity contribution in [3.63, 3.8) is 0 Å². The Hall–Kier alpha value is -1.17. The van der Waals surface area contributed by atoms with Gasteiger partial charge < -0.3 is 4.98 Å². The van der Waals surface area contributed by atoms with Crippen molar-refractivity contribution in [3.05, 3.63) is 39.1 Å². The Morgan fingerprint density at radius 3 is 3.00 bits per heavy atom. The normalized spacial score (nSPS) is 11.2. The highest BCUT2D eigenvalue weighted by atomic mass is 35.5. The molecule has 3 heterocycles. The second kappa shape index (κ2) is 5.45. The molecule has 0 unspecified atom stereocenters. The number of halogens is 1. The van der Waals surface area contributed by atoms with Crippen molar-refractivity contribution in [2.24, 2.45) is 0 Å². The zero-order valence-corrected chi connectivity index (χ0v) is 12.4. The summed E-state index contributed by atoms with van der Waals surface area (Å²) in [4.78, 5) is 21.5. The molecule has 3 rings (SSSR count). The summed E-state index contributed by atoms with van der Waals surface area (Å²) in [5, 5.41) is 4.71. The van der Waals surface area contributed by atoms with Crippen LogP contribution in [0.3, 0.4) is 0 Å². The minimum atomic E-state index is -0.0563. The number of aromatic nitrogens is 2. The molecule has 0 saturated carbocycles. The predicted molar refractivity (Wildman–Crippen MR) is 82.6 cm³/mol. The molecule has 0 radical (unpaired) electrons. The summed E-state index contributed by atoms with van der Waals surface area (Å²) >= 11 is 8.81. The Labute approximate surface area is 122 Å². The molecule has 0 bridgehead atoms. The summed E-state index contributed by atoms with van der Waals surface area (Å²) in [5.74, 6) is 1.30. The number of H-pyrrole nitrogens is 1. The zero-order chi connectivity index (χ0) is 13.2. The van der Waals surface area contributed by atoms with Crippen molar-refractivity contribution in [2.45, 2.75) is 12.8 Å². The lowest BCUT2D eigenvalue weighted by Crippen LogP contribution is -2.11. The molecule has 1 N–H and O–H groups in total. The van der Waals surface area contributed by atoms with Crippen molar-refractivity contribution in [2.75, 3.05) is 5.88 Å². The molecule has 3 aromatic rings. The van der Waals surface area contributed by atoms with E-state index in [9.17, 15) is 4.79 Å². The number of aromatic amines is 1. The topological polar surface area (TPSA) is 45.8 Å². The lowest BCUT2D eigenvalue weighted by Gasteiger charge is -1.99. The first kappa shape index (κ1) is 12.8. The van der Waals surface area contributed by atoms with Gasteiger partial charge in [-0.05, 0) is 17.9 Å². The molecule has 0 aromatic carbocycles. The van der Waals surface area contributed by atoms with Gasteiger partial charge in [0.1, 0.15) is 10.7 Å². The molecule has 0 aliphatic rings. The van der Waals surface area contributed by atoms with Crippen molar-refractivity contribution < 1.29 is 0 Å². The summed E-state index contributed by atoms with van der Waals surface area (Å²) in [6.07, 6.45) is 1.53. The highest BCUT2D eigenvalue weighted by Gasteiger charge is 2.13. The minimum Gasteiger partial charge on any atom is -0.310 e. The largest absolute Gasteiger partial charge is 0.310 e. The van der Waals surface area contributed by atoms with E-state index >= 15 is 0 Å². The summed E-state index contributed by atoms with van der Waals surface area (Å²) in [6, 6.07) is 4.01. The summed E-state index contributed by atoms with van der Waals surface area (Å²) in [6.45, 7) is 0. The molecule has 6 heteroatoms. The number of thiophene rings is 2. The molecule has 3 nitrogen and oxygen atoms in total. The van der Waals surface area contributed by atoms with Crippen LogP contribution in [0.15, 0.2) is 27.7 Å². The first-order valence-electron chi connectivity index (χ1n) is 5.90. The predicted octanol–water partition coefficient (Wildman–Crippen LogP) is 3.88. The van der Waals surface area contributed by atoms with Crippen LogP contribution in [0.25, 0.3) is 20.7 Å². The number of hydrogen-bond acceptors (Lipinski definition) is 4. The fraction of sp³-hybridized carbons (Fsp3) is 0.231. The zero-order valence-electron chi connectivity index (χ0n) is 9.98. The van der Waals surface area contributed by atoms with Gasteiger partial charge in [0.25, 0.3) is 5.56 Å².